The minimum absolute atomic E-state index is 0.251. The van der Waals surface area contributed by atoms with Crippen molar-refractivity contribution in [2.75, 3.05) is 0 Å². The molecule has 2 rings (SSSR count). The second-order valence-corrected chi connectivity index (χ2v) is 5.07. The molecule has 2 aromatic carbocycles. The van der Waals surface area contributed by atoms with Crippen molar-refractivity contribution in [1.82, 2.24) is 10.6 Å². The molecule has 4 nitrogen and oxygen atoms in total. The molecule has 0 spiro atoms. The summed E-state index contributed by atoms with van der Waals surface area (Å²) in [5, 5.41) is 15.3. The Kier molecular flexibility index (Phi) is 5.43. The Hall–Kier alpha value is -2.47. The van der Waals surface area contributed by atoms with Crippen LogP contribution in [0.4, 0.5) is 4.39 Å². The molecule has 0 aliphatic carbocycles. The van der Waals surface area contributed by atoms with Gasteiger partial charge < -0.3 is 15.7 Å². The molecule has 6 heteroatoms. The lowest BCUT2D eigenvalue weighted by Crippen LogP contribution is -2.34. The Morgan fingerprint density at radius 1 is 0.955 bits per heavy atom. The third-order valence-electron chi connectivity index (χ3n) is 3.02. The first-order chi connectivity index (χ1) is 10.5. The van der Waals surface area contributed by atoms with Crippen LogP contribution >= 0.6 is 12.2 Å². The lowest BCUT2D eigenvalue weighted by atomic mass is 10.1. The summed E-state index contributed by atoms with van der Waals surface area (Å²) in [4.78, 5) is 10.7. The Morgan fingerprint density at radius 2 is 1.41 bits per heavy atom. The van der Waals surface area contributed by atoms with E-state index in [1.54, 1.807) is 36.4 Å². The van der Waals surface area contributed by atoms with Crippen molar-refractivity contribution in [1.29, 1.82) is 0 Å². The molecule has 0 amide bonds. The van der Waals surface area contributed by atoms with Crippen LogP contribution in [0.25, 0.3) is 0 Å². The van der Waals surface area contributed by atoms with Gasteiger partial charge in [-0.05, 0) is 47.6 Å². The first-order valence-electron chi connectivity index (χ1n) is 6.63. The van der Waals surface area contributed by atoms with Crippen molar-refractivity contribution in [3.8, 4) is 0 Å². The van der Waals surface area contributed by atoms with Gasteiger partial charge in [-0.1, -0.05) is 24.3 Å². The number of rotatable bonds is 5. The van der Waals surface area contributed by atoms with Crippen LogP contribution in [0, 0.1) is 5.82 Å². The molecule has 0 aromatic heterocycles. The van der Waals surface area contributed by atoms with Gasteiger partial charge in [0.05, 0.1) is 5.56 Å². The zero-order chi connectivity index (χ0) is 15.9. The highest BCUT2D eigenvalue weighted by Crippen LogP contribution is 2.04. The van der Waals surface area contributed by atoms with E-state index in [0.29, 0.717) is 18.2 Å². The van der Waals surface area contributed by atoms with E-state index >= 15 is 0 Å². The first kappa shape index (κ1) is 15.9. The Morgan fingerprint density at radius 3 is 1.86 bits per heavy atom. The fourth-order valence-electron chi connectivity index (χ4n) is 1.79. The van der Waals surface area contributed by atoms with Gasteiger partial charge in [-0.2, -0.15) is 0 Å². The summed E-state index contributed by atoms with van der Waals surface area (Å²) >= 11 is 5.16. The van der Waals surface area contributed by atoms with Crippen molar-refractivity contribution < 1.29 is 14.3 Å². The molecule has 0 aliphatic rings. The fraction of sp³-hybridized carbons (Fsp3) is 0.125. The number of carbonyl (C=O) groups is 1. The summed E-state index contributed by atoms with van der Waals surface area (Å²) in [6.07, 6.45) is 0. The number of carboxylic acid groups (broad SMARTS) is 1. The largest absolute Gasteiger partial charge is 0.478 e. The normalized spacial score (nSPS) is 10.0. The molecule has 0 bridgehead atoms. The van der Waals surface area contributed by atoms with Gasteiger partial charge in [0.25, 0.3) is 0 Å². The fourth-order valence-corrected chi connectivity index (χ4v) is 1.94. The van der Waals surface area contributed by atoms with Gasteiger partial charge >= 0.3 is 5.97 Å². The van der Waals surface area contributed by atoms with Gasteiger partial charge in [-0.15, -0.1) is 0 Å². The summed E-state index contributed by atoms with van der Waals surface area (Å²) in [7, 11) is 0. The maximum atomic E-state index is 12.8. The molecular formula is C16H15FN2O2S. The molecule has 0 heterocycles. The zero-order valence-electron chi connectivity index (χ0n) is 11.7. The SMILES string of the molecule is O=C(O)c1ccc(CNC(=S)NCc2ccc(F)cc2)cc1. The molecule has 0 aliphatic heterocycles. The number of carboxylic acids is 1. The minimum atomic E-state index is -0.948. The quantitative estimate of drug-likeness (QED) is 0.740. The topological polar surface area (TPSA) is 61.4 Å². The van der Waals surface area contributed by atoms with Gasteiger partial charge in [-0.3, -0.25) is 0 Å². The van der Waals surface area contributed by atoms with Crippen molar-refractivity contribution in [2.24, 2.45) is 0 Å². The van der Waals surface area contributed by atoms with E-state index in [1.165, 1.54) is 12.1 Å². The predicted molar refractivity (Wildman–Crippen MR) is 86.1 cm³/mol. The maximum absolute atomic E-state index is 12.8. The van der Waals surface area contributed by atoms with Gasteiger partial charge in [0.15, 0.2) is 5.11 Å². The number of hydrogen-bond acceptors (Lipinski definition) is 2. The van der Waals surface area contributed by atoms with Crippen LogP contribution in [0.5, 0.6) is 0 Å². The molecule has 0 radical (unpaired) electrons. The summed E-state index contributed by atoms with van der Waals surface area (Å²) in [5.74, 6) is -1.22. The monoisotopic (exact) mass is 318 g/mol. The third kappa shape index (κ3) is 4.82. The van der Waals surface area contributed by atoms with E-state index in [0.717, 1.165) is 11.1 Å². The summed E-state index contributed by atoms with van der Waals surface area (Å²) in [6, 6.07) is 12.8. The highest BCUT2D eigenvalue weighted by atomic mass is 32.1. The number of nitrogens with one attached hydrogen (secondary N) is 2. The van der Waals surface area contributed by atoms with E-state index in [9.17, 15) is 9.18 Å². The van der Waals surface area contributed by atoms with E-state index in [4.69, 9.17) is 17.3 Å². The molecule has 0 fully saturated rings. The predicted octanol–water partition coefficient (Wildman–Crippen LogP) is 2.69. The van der Waals surface area contributed by atoms with Crippen molar-refractivity contribution in [2.45, 2.75) is 13.1 Å². The lowest BCUT2D eigenvalue weighted by Gasteiger charge is -2.11. The highest BCUT2D eigenvalue weighted by molar-refractivity contribution is 7.80. The molecule has 0 saturated carbocycles. The van der Waals surface area contributed by atoms with Gasteiger partial charge in [0.1, 0.15) is 5.82 Å². The van der Waals surface area contributed by atoms with Crippen LogP contribution in [0.3, 0.4) is 0 Å². The number of halogens is 1. The van der Waals surface area contributed by atoms with Crippen LogP contribution in [0.1, 0.15) is 21.5 Å². The average Bonchev–Trinajstić information content (AvgIpc) is 2.52. The number of hydrogen-bond donors (Lipinski definition) is 3. The second-order valence-electron chi connectivity index (χ2n) is 4.66. The average molecular weight is 318 g/mol. The Labute approximate surface area is 133 Å². The highest BCUT2D eigenvalue weighted by Gasteiger charge is 2.02. The number of thiocarbonyl (C=S) groups is 1. The maximum Gasteiger partial charge on any atom is 0.335 e. The van der Waals surface area contributed by atoms with Crippen LogP contribution in [-0.4, -0.2) is 16.2 Å². The lowest BCUT2D eigenvalue weighted by molar-refractivity contribution is 0.0697. The van der Waals surface area contributed by atoms with Crippen LogP contribution in [-0.2, 0) is 13.1 Å². The van der Waals surface area contributed by atoms with E-state index in [2.05, 4.69) is 10.6 Å². The molecule has 0 saturated heterocycles. The smallest absolute Gasteiger partial charge is 0.335 e. The summed E-state index contributed by atoms with van der Waals surface area (Å²) in [5.41, 5.74) is 2.10. The summed E-state index contributed by atoms with van der Waals surface area (Å²) < 4.78 is 12.8. The van der Waals surface area contributed by atoms with E-state index in [1.807, 2.05) is 0 Å². The Balaban J connectivity index is 1.77. The van der Waals surface area contributed by atoms with Crippen LogP contribution in [0.15, 0.2) is 48.5 Å². The molecule has 0 atom stereocenters. The molecule has 22 heavy (non-hydrogen) atoms. The van der Waals surface area contributed by atoms with Crippen LogP contribution < -0.4 is 10.6 Å². The molecule has 114 valence electrons. The molecule has 0 unspecified atom stereocenters. The van der Waals surface area contributed by atoms with Gasteiger partial charge in [-0.25, -0.2) is 9.18 Å². The van der Waals surface area contributed by atoms with Gasteiger partial charge in [0.2, 0.25) is 0 Å². The molecule has 3 N–H and O–H groups in total. The Bertz CT molecular complexity index is 657. The van der Waals surface area contributed by atoms with E-state index < -0.39 is 5.97 Å². The van der Waals surface area contributed by atoms with E-state index in [-0.39, 0.29) is 11.4 Å². The van der Waals surface area contributed by atoms with Gasteiger partial charge in [0, 0.05) is 13.1 Å². The van der Waals surface area contributed by atoms with Crippen LogP contribution in [0.2, 0.25) is 0 Å². The molecular weight excluding hydrogens is 303 g/mol. The van der Waals surface area contributed by atoms with Crippen molar-refractivity contribution in [3.05, 3.63) is 71.0 Å². The molecule has 2 aromatic rings. The second kappa shape index (κ2) is 7.51. The summed E-state index contributed by atoms with van der Waals surface area (Å²) in [6.45, 7) is 0.999. The van der Waals surface area contributed by atoms with Crippen molar-refractivity contribution in [3.63, 3.8) is 0 Å². The standard InChI is InChI=1S/C16H15FN2O2S/c17-14-7-3-12(4-8-14)10-19-16(22)18-9-11-1-5-13(6-2-11)15(20)21/h1-8H,9-10H2,(H,20,21)(H2,18,19,22). The minimum Gasteiger partial charge on any atom is -0.478 e. The number of aromatic carboxylic acids is 1. The number of benzene rings is 2. The van der Waals surface area contributed by atoms with Crippen molar-refractivity contribution >= 4 is 23.3 Å². The first-order valence-corrected chi connectivity index (χ1v) is 7.04. The third-order valence-corrected chi connectivity index (χ3v) is 3.31. The zero-order valence-corrected chi connectivity index (χ0v) is 12.5.